The van der Waals surface area contributed by atoms with Gasteiger partial charge in [-0.2, -0.15) is 0 Å². The highest BCUT2D eigenvalue weighted by atomic mass is 19.1. The molecular formula is C14H15FN2. The van der Waals surface area contributed by atoms with Crippen LogP contribution in [0.1, 0.15) is 11.3 Å². The summed E-state index contributed by atoms with van der Waals surface area (Å²) in [6.45, 7) is 2.53. The van der Waals surface area contributed by atoms with E-state index >= 15 is 0 Å². The Hall–Kier alpha value is -1.90. The topological polar surface area (TPSA) is 24.9 Å². The van der Waals surface area contributed by atoms with Gasteiger partial charge < -0.3 is 5.32 Å². The lowest BCUT2D eigenvalue weighted by Crippen LogP contribution is -2.07. The van der Waals surface area contributed by atoms with Gasteiger partial charge in [0.1, 0.15) is 5.82 Å². The van der Waals surface area contributed by atoms with E-state index in [2.05, 4.69) is 10.3 Å². The Bertz CT molecular complexity index is 483. The van der Waals surface area contributed by atoms with Crippen LogP contribution >= 0.6 is 0 Å². The Morgan fingerprint density at radius 1 is 1.18 bits per heavy atom. The van der Waals surface area contributed by atoms with Gasteiger partial charge >= 0.3 is 0 Å². The molecule has 0 amide bonds. The summed E-state index contributed by atoms with van der Waals surface area (Å²) >= 11 is 0. The first-order valence-corrected chi connectivity index (χ1v) is 5.66. The van der Waals surface area contributed by atoms with E-state index in [1.54, 1.807) is 19.2 Å². The number of halogens is 1. The summed E-state index contributed by atoms with van der Waals surface area (Å²) in [4.78, 5) is 4.24. The molecule has 0 spiro atoms. The zero-order valence-electron chi connectivity index (χ0n) is 9.78. The molecule has 2 rings (SSSR count). The Kier molecular flexibility index (Phi) is 3.70. The minimum Gasteiger partial charge on any atom is -0.384 e. The molecule has 0 aliphatic rings. The van der Waals surface area contributed by atoms with E-state index in [-0.39, 0.29) is 5.82 Å². The van der Waals surface area contributed by atoms with Crippen molar-refractivity contribution in [2.75, 3.05) is 11.9 Å². The van der Waals surface area contributed by atoms with Crippen molar-refractivity contribution in [2.24, 2.45) is 0 Å². The first kappa shape index (κ1) is 11.6. The number of hydrogen-bond donors (Lipinski definition) is 1. The first-order valence-electron chi connectivity index (χ1n) is 5.66. The lowest BCUT2D eigenvalue weighted by Gasteiger charge is -2.09. The summed E-state index contributed by atoms with van der Waals surface area (Å²) in [5, 5.41) is 3.22. The number of nitrogens with zero attached hydrogens (tertiary/aromatic N) is 1. The molecule has 1 heterocycles. The molecule has 2 nitrogen and oxygen atoms in total. The Labute approximate surface area is 101 Å². The van der Waals surface area contributed by atoms with Gasteiger partial charge in [-0.15, -0.1) is 0 Å². The largest absolute Gasteiger partial charge is 0.384 e. The molecule has 0 saturated heterocycles. The summed E-state index contributed by atoms with van der Waals surface area (Å²) < 4.78 is 13.3. The number of aromatic nitrogens is 1. The van der Waals surface area contributed by atoms with Crippen LogP contribution in [-0.2, 0) is 6.42 Å². The molecule has 88 valence electrons. The first-order chi connectivity index (χ1) is 8.27. The highest BCUT2D eigenvalue weighted by Gasteiger charge is 2.02. The molecule has 0 aliphatic heterocycles. The van der Waals surface area contributed by atoms with E-state index in [4.69, 9.17) is 0 Å². The Morgan fingerprint density at radius 3 is 2.82 bits per heavy atom. The molecule has 0 atom stereocenters. The number of rotatable bonds is 4. The van der Waals surface area contributed by atoms with Crippen LogP contribution in [0.25, 0.3) is 0 Å². The van der Waals surface area contributed by atoms with Crippen molar-refractivity contribution in [3.05, 3.63) is 59.7 Å². The maximum Gasteiger partial charge on any atom is 0.128 e. The molecule has 0 fully saturated rings. The van der Waals surface area contributed by atoms with Gasteiger partial charge in [-0.3, -0.25) is 4.98 Å². The molecular weight excluding hydrogens is 215 g/mol. The molecule has 2 aromatic rings. The lowest BCUT2D eigenvalue weighted by molar-refractivity contribution is 0.619. The summed E-state index contributed by atoms with van der Waals surface area (Å²) in [5.74, 6) is -0.173. The fourth-order valence-electron chi connectivity index (χ4n) is 1.67. The monoisotopic (exact) mass is 230 g/mol. The molecule has 0 unspecified atom stereocenters. The zero-order valence-corrected chi connectivity index (χ0v) is 9.78. The van der Waals surface area contributed by atoms with Crippen LogP contribution in [0.4, 0.5) is 10.1 Å². The maximum atomic E-state index is 13.3. The lowest BCUT2D eigenvalue weighted by atomic mass is 10.2. The van der Waals surface area contributed by atoms with Crippen LogP contribution in [0.2, 0.25) is 0 Å². The van der Waals surface area contributed by atoms with Crippen molar-refractivity contribution >= 4 is 5.69 Å². The smallest absolute Gasteiger partial charge is 0.128 e. The van der Waals surface area contributed by atoms with Crippen LogP contribution < -0.4 is 5.32 Å². The van der Waals surface area contributed by atoms with Gasteiger partial charge in [0.15, 0.2) is 0 Å². The number of hydrogen-bond acceptors (Lipinski definition) is 2. The summed E-state index contributed by atoms with van der Waals surface area (Å²) in [5.41, 5.74) is 2.54. The Balaban J connectivity index is 1.93. The maximum absolute atomic E-state index is 13.3. The van der Waals surface area contributed by atoms with Crippen molar-refractivity contribution in [3.63, 3.8) is 0 Å². The van der Waals surface area contributed by atoms with Gasteiger partial charge in [-0.1, -0.05) is 12.1 Å². The van der Waals surface area contributed by atoms with E-state index < -0.39 is 0 Å². The minimum atomic E-state index is -0.173. The van der Waals surface area contributed by atoms with Gasteiger partial charge in [0.25, 0.3) is 0 Å². The summed E-state index contributed by atoms with van der Waals surface area (Å²) in [6.07, 6.45) is 2.61. The average molecular weight is 230 g/mol. The highest BCUT2D eigenvalue weighted by molar-refractivity contribution is 5.50. The minimum absolute atomic E-state index is 0.173. The van der Waals surface area contributed by atoms with Crippen LogP contribution in [0.3, 0.4) is 0 Å². The number of benzene rings is 1. The summed E-state index contributed by atoms with van der Waals surface area (Å²) in [6, 6.07) is 10.9. The molecule has 0 radical (unpaired) electrons. The third-order valence-corrected chi connectivity index (χ3v) is 2.69. The molecule has 1 aromatic heterocycles. The molecule has 0 bridgehead atoms. The van der Waals surface area contributed by atoms with Gasteiger partial charge in [-0.05, 0) is 31.2 Å². The fraction of sp³-hybridized carbons (Fsp3) is 0.214. The van der Waals surface area contributed by atoms with Crippen molar-refractivity contribution in [1.29, 1.82) is 0 Å². The average Bonchev–Trinajstić information content (AvgIpc) is 2.36. The van der Waals surface area contributed by atoms with E-state index in [9.17, 15) is 4.39 Å². The van der Waals surface area contributed by atoms with Gasteiger partial charge in [0.2, 0.25) is 0 Å². The van der Waals surface area contributed by atoms with E-state index in [0.717, 1.165) is 24.3 Å². The predicted octanol–water partition coefficient (Wildman–Crippen LogP) is 3.18. The molecule has 0 aliphatic carbocycles. The molecule has 1 aromatic carbocycles. The van der Waals surface area contributed by atoms with Crippen molar-refractivity contribution in [2.45, 2.75) is 13.3 Å². The zero-order chi connectivity index (χ0) is 12.1. The van der Waals surface area contributed by atoms with Crippen molar-refractivity contribution in [1.82, 2.24) is 4.98 Å². The second-order valence-electron chi connectivity index (χ2n) is 3.91. The SMILES string of the molecule is Cc1c(F)cccc1NCCc1ccccn1. The predicted molar refractivity (Wildman–Crippen MR) is 67.6 cm³/mol. The van der Waals surface area contributed by atoms with Crippen LogP contribution in [-0.4, -0.2) is 11.5 Å². The second-order valence-corrected chi connectivity index (χ2v) is 3.91. The van der Waals surface area contributed by atoms with Gasteiger partial charge in [0, 0.05) is 36.1 Å². The number of nitrogens with one attached hydrogen (secondary N) is 1. The molecule has 17 heavy (non-hydrogen) atoms. The third kappa shape index (κ3) is 3.03. The van der Waals surface area contributed by atoms with E-state index in [1.165, 1.54) is 6.07 Å². The van der Waals surface area contributed by atoms with Crippen molar-refractivity contribution < 1.29 is 4.39 Å². The third-order valence-electron chi connectivity index (χ3n) is 2.69. The molecule has 1 N–H and O–H groups in total. The standard InChI is InChI=1S/C14H15FN2/c1-11-13(15)6-4-7-14(11)17-10-8-12-5-2-3-9-16-12/h2-7,9,17H,8,10H2,1H3. The summed E-state index contributed by atoms with van der Waals surface area (Å²) in [7, 11) is 0. The Morgan fingerprint density at radius 2 is 2.06 bits per heavy atom. The van der Waals surface area contributed by atoms with Gasteiger partial charge in [-0.25, -0.2) is 4.39 Å². The fourth-order valence-corrected chi connectivity index (χ4v) is 1.67. The van der Waals surface area contributed by atoms with Crippen LogP contribution in [0, 0.1) is 12.7 Å². The molecule has 0 saturated carbocycles. The van der Waals surface area contributed by atoms with Gasteiger partial charge in [0.05, 0.1) is 0 Å². The second kappa shape index (κ2) is 5.43. The molecule has 3 heteroatoms. The quantitative estimate of drug-likeness (QED) is 0.872. The van der Waals surface area contributed by atoms with Crippen LogP contribution in [0.5, 0.6) is 0 Å². The highest BCUT2D eigenvalue weighted by Crippen LogP contribution is 2.17. The van der Waals surface area contributed by atoms with Crippen LogP contribution in [0.15, 0.2) is 42.6 Å². The number of anilines is 1. The van der Waals surface area contributed by atoms with E-state index in [1.807, 2.05) is 24.3 Å². The number of pyridine rings is 1. The van der Waals surface area contributed by atoms with E-state index in [0.29, 0.717) is 5.56 Å². The van der Waals surface area contributed by atoms with Crippen molar-refractivity contribution in [3.8, 4) is 0 Å². The normalized spacial score (nSPS) is 10.2.